The van der Waals surface area contributed by atoms with Gasteiger partial charge in [-0.15, -0.1) is 13.2 Å². The van der Waals surface area contributed by atoms with E-state index in [-0.39, 0.29) is 36.5 Å². The van der Waals surface area contributed by atoms with Gasteiger partial charge in [0.05, 0.1) is 18.0 Å². The first-order valence-corrected chi connectivity index (χ1v) is 11.4. The third-order valence-corrected chi connectivity index (χ3v) is 5.72. The maximum absolute atomic E-state index is 13.0. The maximum Gasteiger partial charge on any atom is 0.573 e. The summed E-state index contributed by atoms with van der Waals surface area (Å²) in [5.41, 5.74) is 1.33. The Kier molecular flexibility index (Phi) is 7.42. The molecule has 4 N–H and O–H groups in total. The zero-order chi connectivity index (χ0) is 27.4. The molecule has 0 radical (unpaired) electrons. The van der Waals surface area contributed by atoms with E-state index < -0.39 is 41.6 Å². The van der Waals surface area contributed by atoms with E-state index in [0.29, 0.717) is 5.56 Å². The molecule has 0 bridgehead atoms. The van der Waals surface area contributed by atoms with Crippen molar-refractivity contribution in [1.29, 1.82) is 0 Å². The minimum Gasteiger partial charge on any atom is -0.505 e. The molecule has 12 heteroatoms. The fourth-order valence-corrected chi connectivity index (χ4v) is 4.04. The van der Waals surface area contributed by atoms with Crippen molar-refractivity contribution in [2.45, 2.75) is 25.2 Å². The molecule has 1 unspecified atom stereocenters. The predicted molar refractivity (Wildman–Crippen MR) is 127 cm³/mol. The number of carboxylic acid groups (broad SMARTS) is 1. The summed E-state index contributed by atoms with van der Waals surface area (Å²) in [6, 6.07) is 13.8. The largest absolute Gasteiger partial charge is 0.573 e. The molecule has 0 saturated heterocycles. The minimum atomic E-state index is -4.86. The number of amides is 2. The number of carboxylic acids is 1. The van der Waals surface area contributed by atoms with E-state index in [4.69, 9.17) is 5.11 Å². The molecular formula is C26H22F3N3O6. The number of halogens is 3. The number of alkyl halides is 3. The number of nitrogens with one attached hydrogen (secondary N) is 2. The van der Waals surface area contributed by atoms with Crippen LogP contribution in [0.3, 0.4) is 0 Å². The van der Waals surface area contributed by atoms with Crippen LogP contribution in [0.5, 0.6) is 5.75 Å². The van der Waals surface area contributed by atoms with Crippen molar-refractivity contribution in [2.75, 3.05) is 6.54 Å². The van der Waals surface area contributed by atoms with Crippen molar-refractivity contribution >= 4 is 17.8 Å². The highest BCUT2D eigenvalue weighted by Gasteiger charge is 2.36. The fourth-order valence-electron chi connectivity index (χ4n) is 4.04. The van der Waals surface area contributed by atoms with E-state index in [2.05, 4.69) is 15.4 Å². The number of hydrogen-bond acceptors (Lipinski definition) is 6. The molecule has 2 aliphatic rings. The number of fused-ring (bicyclic) bond motifs is 1. The zero-order valence-corrected chi connectivity index (χ0v) is 19.7. The van der Waals surface area contributed by atoms with E-state index in [1.807, 2.05) is 18.2 Å². The highest BCUT2D eigenvalue weighted by molar-refractivity contribution is 5.97. The SMILES string of the molecule is O=C(O)CCNC(=O)C1=C(O)C2=CC(c3ccc(OC(F)(F)F)cc3)C(=O)NC2=CN1Cc1ccccc1. The summed E-state index contributed by atoms with van der Waals surface area (Å²) in [6.45, 7) is -0.0191. The van der Waals surface area contributed by atoms with E-state index in [0.717, 1.165) is 17.7 Å². The van der Waals surface area contributed by atoms with Crippen LogP contribution in [0.2, 0.25) is 0 Å². The van der Waals surface area contributed by atoms with Gasteiger partial charge in [-0.05, 0) is 23.3 Å². The Morgan fingerprint density at radius 2 is 1.76 bits per heavy atom. The smallest absolute Gasteiger partial charge is 0.505 e. The number of nitrogens with zero attached hydrogens (tertiary/aromatic N) is 1. The third-order valence-electron chi connectivity index (χ3n) is 5.72. The molecule has 198 valence electrons. The Balaban J connectivity index is 1.67. The van der Waals surface area contributed by atoms with Crippen LogP contribution in [-0.4, -0.2) is 45.8 Å². The average molecular weight is 529 g/mol. The Hall–Kier alpha value is -4.74. The lowest BCUT2D eigenvalue weighted by Gasteiger charge is -2.33. The highest BCUT2D eigenvalue weighted by Crippen LogP contribution is 2.36. The van der Waals surface area contributed by atoms with Crippen LogP contribution < -0.4 is 15.4 Å². The van der Waals surface area contributed by atoms with Crippen LogP contribution >= 0.6 is 0 Å². The first-order chi connectivity index (χ1) is 18.0. The van der Waals surface area contributed by atoms with Gasteiger partial charge in [-0.2, -0.15) is 0 Å². The zero-order valence-electron chi connectivity index (χ0n) is 19.7. The molecule has 2 heterocycles. The molecule has 0 aliphatic carbocycles. The Morgan fingerprint density at radius 3 is 2.39 bits per heavy atom. The van der Waals surface area contributed by atoms with Gasteiger partial charge in [0, 0.05) is 24.9 Å². The molecule has 2 aliphatic heterocycles. The monoisotopic (exact) mass is 529 g/mol. The van der Waals surface area contributed by atoms with E-state index in [9.17, 15) is 32.7 Å². The lowest BCUT2D eigenvalue weighted by Crippen LogP contribution is -2.41. The first kappa shape index (κ1) is 26.3. The molecule has 1 atom stereocenters. The summed E-state index contributed by atoms with van der Waals surface area (Å²) in [4.78, 5) is 38.2. The Bertz CT molecular complexity index is 1330. The normalized spacial score (nSPS) is 17.2. The summed E-state index contributed by atoms with van der Waals surface area (Å²) in [5, 5.41) is 25.2. The molecule has 0 saturated carbocycles. The van der Waals surface area contributed by atoms with Gasteiger partial charge < -0.3 is 30.5 Å². The van der Waals surface area contributed by atoms with Crippen LogP contribution in [0.1, 0.15) is 23.5 Å². The van der Waals surface area contributed by atoms with E-state index >= 15 is 0 Å². The second-order valence-electron chi connectivity index (χ2n) is 8.42. The number of aliphatic carboxylic acids is 1. The lowest BCUT2D eigenvalue weighted by atomic mass is 9.89. The molecule has 2 aromatic rings. The number of carbonyl (C=O) groups is 3. The molecule has 0 fully saturated rings. The number of aliphatic hydroxyl groups is 1. The average Bonchev–Trinajstić information content (AvgIpc) is 2.84. The lowest BCUT2D eigenvalue weighted by molar-refractivity contribution is -0.274. The summed E-state index contributed by atoms with van der Waals surface area (Å²) in [5.74, 6) is -4.22. The fraction of sp³-hybridized carbons (Fsp3) is 0.192. The third kappa shape index (κ3) is 6.14. The van der Waals surface area contributed by atoms with Crippen molar-refractivity contribution in [1.82, 2.24) is 15.5 Å². The molecule has 38 heavy (non-hydrogen) atoms. The summed E-state index contributed by atoms with van der Waals surface area (Å²) in [6.07, 6.45) is -2.30. The summed E-state index contributed by atoms with van der Waals surface area (Å²) < 4.78 is 41.3. The summed E-state index contributed by atoms with van der Waals surface area (Å²) in [7, 11) is 0. The van der Waals surface area contributed by atoms with Crippen molar-refractivity contribution in [3.05, 3.63) is 101 Å². The van der Waals surface area contributed by atoms with Crippen LogP contribution in [0.25, 0.3) is 0 Å². The van der Waals surface area contributed by atoms with Crippen LogP contribution in [-0.2, 0) is 20.9 Å². The van der Waals surface area contributed by atoms with Crippen molar-refractivity contribution in [2.24, 2.45) is 0 Å². The number of carbonyl (C=O) groups excluding carboxylic acids is 2. The van der Waals surface area contributed by atoms with Gasteiger partial charge in [0.1, 0.15) is 11.4 Å². The van der Waals surface area contributed by atoms with Gasteiger partial charge in [-0.25, -0.2) is 0 Å². The van der Waals surface area contributed by atoms with Gasteiger partial charge in [-0.3, -0.25) is 14.4 Å². The molecule has 9 nitrogen and oxygen atoms in total. The second kappa shape index (κ2) is 10.7. The van der Waals surface area contributed by atoms with Crippen LogP contribution in [0.4, 0.5) is 13.2 Å². The van der Waals surface area contributed by atoms with Crippen LogP contribution in [0, 0.1) is 0 Å². The number of rotatable bonds is 8. The van der Waals surface area contributed by atoms with Gasteiger partial charge in [0.25, 0.3) is 5.91 Å². The van der Waals surface area contributed by atoms with Crippen molar-refractivity contribution < 1.29 is 42.5 Å². The molecular weight excluding hydrogens is 507 g/mol. The van der Waals surface area contributed by atoms with E-state index in [1.165, 1.54) is 29.3 Å². The Labute approximate surface area is 214 Å². The standard InChI is InChI=1S/C26H22F3N3O6/c27-26(28,29)38-17-8-6-16(7-9-17)18-12-19-20(31-24(18)36)14-32(13-15-4-2-1-3-5-15)22(23(19)35)25(37)30-11-10-21(33)34/h1-9,12,14,18,35H,10-11,13H2,(H,30,37)(H,31,36)(H,33,34). The van der Waals surface area contributed by atoms with Crippen molar-refractivity contribution in [3.8, 4) is 5.75 Å². The molecule has 2 aromatic carbocycles. The van der Waals surface area contributed by atoms with Gasteiger partial charge in [0.2, 0.25) is 5.91 Å². The topological polar surface area (TPSA) is 128 Å². The number of hydrogen-bond donors (Lipinski definition) is 4. The van der Waals surface area contributed by atoms with Gasteiger partial charge >= 0.3 is 12.3 Å². The van der Waals surface area contributed by atoms with Gasteiger partial charge in [-0.1, -0.05) is 48.5 Å². The van der Waals surface area contributed by atoms with Crippen LogP contribution in [0.15, 0.2) is 89.6 Å². The number of aliphatic hydroxyl groups excluding tert-OH is 1. The highest BCUT2D eigenvalue weighted by atomic mass is 19.4. The molecule has 0 spiro atoms. The maximum atomic E-state index is 13.0. The molecule has 4 rings (SSSR count). The minimum absolute atomic E-state index is 0.137. The Morgan fingerprint density at radius 1 is 1.08 bits per heavy atom. The number of benzene rings is 2. The molecule has 2 amide bonds. The van der Waals surface area contributed by atoms with E-state index in [1.54, 1.807) is 12.1 Å². The second-order valence-corrected chi connectivity index (χ2v) is 8.42. The molecule has 0 aromatic heterocycles. The van der Waals surface area contributed by atoms with Gasteiger partial charge in [0.15, 0.2) is 5.76 Å². The van der Waals surface area contributed by atoms with Crippen molar-refractivity contribution in [3.63, 3.8) is 0 Å². The number of ether oxygens (including phenoxy) is 1. The predicted octanol–water partition coefficient (Wildman–Crippen LogP) is 3.44. The first-order valence-electron chi connectivity index (χ1n) is 11.4. The quantitative estimate of drug-likeness (QED) is 0.413. The summed E-state index contributed by atoms with van der Waals surface area (Å²) >= 11 is 0.